The Kier molecular flexibility index (Phi) is 4.77. The third-order valence-corrected chi connectivity index (χ3v) is 7.26. The van der Waals surface area contributed by atoms with Crippen LogP contribution in [0.1, 0.15) is 44.7 Å². The van der Waals surface area contributed by atoms with Gasteiger partial charge in [-0.15, -0.1) is 0 Å². The van der Waals surface area contributed by atoms with Crippen LogP contribution in [0.15, 0.2) is 36.4 Å². The van der Waals surface area contributed by atoms with Gasteiger partial charge < -0.3 is 4.90 Å². The summed E-state index contributed by atoms with van der Waals surface area (Å²) < 4.78 is 13.5. The van der Waals surface area contributed by atoms with E-state index in [2.05, 4.69) is 15.1 Å². The summed E-state index contributed by atoms with van der Waals surface area (Å²) in [4.78, 5) is 55.1. The molecule has 2 aromatic carbocycles. The first kappa shape index (κ1) is 21.0. The molecule has 0 aromatic heterocycles. The first-order valence-electron chi connectivity index (χ1n) is 11.5. The van der Waals surface area contributed by atoms with Crippen molar-refractivity contribution in [1.29, 1.82) is 0 Å². The SMILES string of the molecule is O=C1CCC(N2C(=O)c3ccc(CN4CC(N5CCc6cc(F)ccc65)C4)cc3C2=O)C(=O)N1. The highest BCUT2D eigenvalue weighted by atomic mass is 19.1. The van der Waals surface area contributed by atoms with Crippen LogP contribution in [0.4, 0.5) is 10.1 Å². The number of anilines is 1. The molecule has 1 N–H and O–H groups in total. The highest BCUT2D eigenvalue weighted by Gasteiger charge is 2.44. The van der Waals surface area contributed by atoms with Crippen molar-refractivity contribution in [3.63, 3.8) is 0 Å². The average molecular weight is 462 g/mol. The number of nitrogens with zero attached hydrogens (tertiary/aromatic N) is 3. The zero-order valence-corrected chi connectivity index (χ0v) is 18.4. The van der Waals surface area contributed by atoms with Crippen LogP contribution in [0.5, 0.6) is 0 Å². The molecule has 9 heteroatoms. The van der Waals surface area contributed by atoms with E-state index in [1.807, 2.05) is 12.1 Å². The molecular formula is C25H23FN4O4. The molecule has 2 fully saturated rings. The van der Waals surface area contributed by atoms with Gasteiger partial charge in [0.1, 0.15) is 11.9 Å². The minimum atomic E-state index is -0.957. The molecule has 1 atom stereocenters. The molecule has 0 radical (unpaired) electrons. The Morgan fingerprint density at radius 2 is 1.74 bits per heavy atom. The number of piperidine rings is 1. The van der Waals surface area contributed by atoms with Gasteiger partial charge in [0.2, 0.25) is 11.8 Å². The fourth-order valence-electron chi connectivity index (χ4n) is 5.52. The summed E-state index contributed by atoms with van der Waals surface area (Å²) in [5.41, 5.74) is 3.69. The van der Waals surface area contributed by atoms with Crippen LogP contribution in [-0.4, -0.2) is 65.1 Å². The number of benzene rings is 2. The molecule has 0 saturated carbocycles. The van der Waals surface area contributed by atoms with Gasteiger partial charge in [-0.05, 0) is 54.3 Å². The van der Waals surface area contributed by atoms with E-state index in [0.29, 0.717) is 23.7 Å². The first-order valence-corrected chi connectivity index (χ1v) is 11.5. The maximum absolute atomic E-state index is 13.5. The van der Waals surface area contributed by atoms with E-state index in [4.69, 9.17) is 0 Å². The smallest absolute Gasteiger partial charge is 0.262 e. The van der Waals surface area contributed by atoms with Crippen molar-refractivity contribution < 1.29 is 23.6 Å². The number of fused-ring (bicyclic) bond motifs is 2. The number of hydrogen-bond donors (Lipinski definition) is 1. The van der Waals surface area contributed by atoms with Crippen LogP contribution >= 0.6 is 0 Å². The lowest BCUT2D eigenvalue weighted by Crippen LogP contribution is -2.58. The molecule has 174 valence electrons. The summed E-state index contributed by atoms with van der Waals surface area (Å²) in [5, 5.41) is 2.21. The zero-order chi connectivity index (χ0) is 23.6. The number of carbonyl (C=O) groups is 4. The van der Waals surface area contributed by atoms with Gasteiger partial charge in [-0.2, -0.15) is 0 Å². The minimum Gasteiger partial charge on any atom is -0.365 e. The third-order valence-electron chi connectivity index (χ3n) is 7.26. The maximum Gasteiger partial charge on any atom is 0.262 e. The molecule has 8 nitrogen and oxygen atoms in total. The normalized spacial score (nSPS) is 22.7. The molecule has 4 aliphatic heterocycles. The highest BCUT2D eigenvalue weighted by Crippen LogP contribution is 2.34. The number of amides is 4. The summed E-state index contributed by atoms with van der Waals surface area (Å²) in [7, 11) is 0. The topological polar surface area (TPSA) is 90.0 Å². The van der Waals surface area contributed by atoms with Gasteiger partial charge in [0.25, 0.3) is 11.8 Å². The number of hydrogen-bond acceptors (Lipinski definition) is 6. The zero-order valence-electron chi connectivity index (χ0n) is 18.4. The van der Waals surface area contributed by atoms with Crippen LogP contribution in [0.3, 0.4) is 0 Å². The number of carbonyl (C=O) groups excluding carboxylic acids is 4. The number of rotatable bonds is 4. The molecule has 34 heavy (non-hydrogen) atoms. The summed E-state index contributed by atoms with van der Waals surface area (Å²) >= 11 is 0. The second-order valence-corrected chi connectivity index (χ2v) is 9.39. The van der Waals surface area contributed by atoms with Gasteiger partial charge >= 0.3 is 0 Å². The van der Waals surface area contributed by atoms with E-state index in [1.54, 1.807) is 18.2 Å². The molecule has 0 spiro atoms. The standard InChI is InChI=1S/C25H23FN4O4/c26-16-2-4-20-15(10-16)7-8-29(20)17-12-28(13-17)11-14-1-3-18-19(9-14)25(34)30(24(18)33)21-5-6-22(31)27-23(21)32/h1-4,9-10,17,21H,5-8,11-13H2,(H,27,31,32). The van der Waals surface area contributed by atoms with E-state index >= 15 is 0 Å². The third kappa shape index (κ3) is 3.30. The van der Waals surface area contributed by atoms with Gasteiger partial charge in [-0.1, -0.05) is 6.07 Å². The molecule has 1 unspecified atom stereocenters. The van der Waals surface area contributed by atoms with Crippen molar-refractivity contribution in [2.45, 2.75) is 37.9 Å². The maximum atomic E-state index is 13.5. The Morgan fingerprint density at radius 3 is 2.53 bits per heavy atom. The van der Waals surface area contributed by atoms with E-state index in [1.165, 1.54) is 6.07 Å². The molecule has 2 saturated heterocycles. The summed E-state index contributed by atoms with van der Waals surface area (Å²) in [6, 6.07) is 9.63. The lowest BCUT2D eigenvalue weighted by atomic mass is 10.0. The van der Waals surface area contributed by atoms with E-state index in [-0.39, 0.29) is 18.7 Å². The summed E-state index contributed by atoms with van der Waals surface area (Å²) in [6.45, 7) is 3.27. The Labute approximate surface area is 195 Å². The largest absolute Gasteiger partial charge is 0.365 e. The van der Waals surface area contributed by atoms with E-state index in [0.717, 1.165) is 47.8 Å². The fourth-order valence-corrected chi connectivity index (χ4v) is 5.52. The first-order chi connectivity index (χ1) is 16.4. The molecule has 2 aromatic rings. The molecule has 0 bridgehead atoms. The molecule has 6 rings (SSSR count). The minimum absolute atomic E-state index is 0.0988. The van der Waals surface area contributed by atoms with Gasteiger partial charge in [0, 0.05) is 38.3 Å². The Morgan fingerprint density at radius 1 is 0.941 bits per heavy atom. The monoisotopic (exact) mass is 462 g/mol. The predicted molar refractivity (Wildman–Crippen MR) is 120 cm³/mol. The van der Waals surface area contributed by atoms with Gasteiger partial charge in [0.15, 0.2) is 0 Å². The highest BCUT2D eigenvalue weighted by molar-refractivity contribution is 6.23. The molecule has 4 aliphatic rings. The quantitative estimate of drug-likeness (QED) is 0.693. The van der Waals surface area contributed by atoms with Crippen LogP contribution < -0.4 is 10.2 Å². The number of halogens is 1. The van der Waals surface area contributed by atoms with Crippen LogP contribution in [0, 0.1) is 5.82 Å². The molecule has 0 aliphatic carbocycles. The van der Waals surface area contributed by atoms with Crippen LogP contribution in [0.2, 0.25) is 0 Å². The number of nitrogens with one attached hydrogen (secondary N) is 1. The fraction of sp³-hybridized carbons (Fsp3) is 0.360. The van der Waals surface area contributed by atoms with Gasteiger partial charge in [-0.25, -0.2) is 4.39 Å². The van der Waals surface area contributed by atoms with Crippen molar-refractivity contribution in [1.82, 2.24) is 15.1 Å². The van der Waals surface area contributed by atoms with Crippen molar-refractivity contribution in [2.75, 3.05) is 24.5 Å². The van der Waals surface area contributed by atoms with Crippen molar-refractivity contribution in [3.05, 3.63) is 64.5 Å². The van der Waals surface area contributed by atoms with Crippen molar-refractivity contribution in [2.24, 2.45) is 0 Å². The molecule has 4 amide bonds. The predicted octanol–water partition coefficient (Wildman–Crippen LogP) is 1.47. The Hall–Kier alpha value is -3.59. The van der Waals surface area contributed by atoms with E-state index in [9.17, 15) is 23.6 Å². The lowest BCUT2D eigenvalue weighted by molar-refractivity contribution is -0.136. The second kappa shape index (κ2) is 7.73. The summed E-state index contributed by atoms with van der Waals surface area (Å²) in [6.07, 6.45) is 1.10. The molecular weight excluding hydrogens is 439 g/mol. The van der Waals surface area contributed by atoms with E-state index < -0.39 is 29.7 Å². The second-order valence-electron chi connectivity index (χ2n) is 9.39. The van der Waals surface area contributed by atoms with Gasteiger partial charge in [-0.3, -0.25) is 34.3 Å². The van der Waals surface area contributed by atoms with Crippen LogP contribution in [-0.2, 0) is 22.6 Å². The average Bonchev–Trinajstić information content (AvgIpc) is 3.29. The number of likely N-dealkylation sites (tertiary alicyclic amines) is 1. The van der Waals surface area contributed by atoms with Gasteiger partial charge in [0.05, 0.1) is 17.2 Å². The van der Waals surface area contributed by atoms with Crippen molar-refractivity contribution in [3.8, 4) is 0 Å². The van der Waals surface area contributed by atoms with Crippen molar-refractivity contribution >= 4 is 29.3 Å². The van der Waals surface area contributed by atoms with Crippen LogP contribution in [0.25, 0.3) is 0 Å². The Bertz CT molecular complexity index is 1260. The Balaban J connectivity index is 1.12. The number of imide groups is 2. The molecule has 4 heterocycles. The summed E-state index contributed by atoms with van der Waals surface area (Å²) in [5.74, 6) is -2.18. The lowest BCUT2D eigenvalue weighted by Gasteiger charge is -2.45.